The summed E-state index contributed by atoms with van der Waals surface area (Å²) in [4.78, 5) is 19.2. The summed E-state index contributed by atoms with van der Waals surface area (Å²) in [6, 6.07) is 28.3. The minimum atomic E-state index is -0.0756. The van der Waals surface area contributed by atoms with E-state index in [0.29, 0.717) is 43.5 Å². The number of hydrogen-bond donors (Lipinski definition) is 0. The highest BCUT2D eigenvalue weighted by atomic mass is 16.5. The molecular weight excluding hydrogens is 642 g/mol. The molecular formula is C39H45N9O3. The topological polar surface area (TPSA) is 119 Å². The molecule has 2 atom stereocenters. The third kappa shape index (κ3) is 8.67. The first-order chi connectivity index (χ1) is 25.1. The molecule has 4 heterocycles. The van der Waals surface area contributed by atoms with Gasteiger partial charge in [0.1, 0.15) is 18.1 Å². The fourth-order valence-corrected chi connectivity index (χ4v) is 7.22. The molecule has 0 N–H and O–H groups in total. The summed E-state index contributed by atoms with van der Waals surface area (Å²) >= 11 is 0. The lowest BCUT2D eigenvalue weighted by molar-refractivity contribution is 0.0844. The van der Waals surface area contributed by atoms with E-state index in [1.165, 1.54) is 25.7 Å². The Morgan fingerprint density at radius 2 is 1.47 bits per heavy atom. The largest absolute Gasteiger partial charge is 0.493 e. The quantitative estimate of drug-likeness (QED) is 0.196. The molecule has 1 aliphatic carbocycles. The third-order valence-corrected chi connectivity index (χ3v) is 9.99. The molecule has 1 saturated carbocycles. The minimum absolute atomic E-state index is 0.0756. The van der Waals surface area contributed by atoms with Crippen LogP contribution in [0.25, 0.3) is 5.69 Å². The smallest absolute Gasteiger partial charge is 0.350 e. The van der Waals surface area contributed by atoms with Gasteiger partial charge in [0, 0.05) is 44.3 Å². The van der Waals surface area contributed by atoms with Crippen LogP contribution in [-0.2, 0) is 17.8 Å². The Hall–Kier alpha value is -5.41. The molecule has 0 spiro atoms. The van der Waals surface area contributed by atoms with Crippen LogP contribution in [0.2, 0.25) is 0 Å². The fourth-order valence-electron chi connectivity index (χ4n) is 7.22. The summed E-state index contributed by atoms with van der Waals surface area (Å²) < 4.78 is 15.2. The first-order valence-corrected chi connectivity index (χ1v) is 18.0. The lowest BCUT2D eigenvalue weighted by atomic mass is 10.1. The number of nitrogens with zero attached hydrogens (tertiary/aromatic N) is 9. The number of rotatable bonds is 10. The summed E-state index contributed by atoms with van der Waals surface area (Å²) in [5.74, 6) is 1.55. The molecule has 3 aliphatic rings. The predicted octanol–water partition coefficient (Wildman–Crippen LogP) is 5.18. The molecule has 2 saturated heterocycles. The van der Waals surface area contributed by atoms with E-state index in [1.54, 1.807) is 32.8 Å². The van der Waals surface area contributed by atoms with Gasteiger partial charge >= 0.3 is 5.69 Å². The van der Waals surface area contributed by atoms with Gasteiger partial charge in [0.2, 0.25) is 0 Å². The van der Waals surface area contributed by atoms with Crippen LogP contribution < -0.4 is 20.2 Å². The van der Waals surface area contributed by atoms with Gasteiger partial charge in [-0.15, -0.1) is 0 Å². The van der Waals surface area contributed by atoms with Gasteiger partial charge in [-0.1, -0.05) is 49.2 Å². The highest BCUT2D eigenvalue weighted by Gasteiger charge is 2.27. The highest BCUT2D eigenvalue weighted by Crippen LogP contribution is 2.29. The van der Waals surface area contributed by atoms with Gasteiger partial charge in [0.15, 0.2) is 0 Å². The van der Waals surface area contributed by atoms with Crippen LogP contribution in [0.15, 0.2) is 102 Å². The van der Waals surface area contributed by atoms with Gasteiger partial charge in [-0.2, -0.15) is 25.4 Å². The molecule has 3 fully saturated rings. The first-order valence-electron chi connectivity index (χ1n) is 18.0. The number of hydrogen-bond acceptors (Lipinski definition) is 9. The molecule has 2 aromatic heterocycles. The van der Waals surface area contributed by atoms with E-state index in [4.69, 9.17) is 9.47 Å². The van der Waals surface area contributed by atoms with Crippen molar-refractivity contribution in [2.75, 3.05) is 49.2 Å². The van der Waals surface area contributed by atoms with Crippen molar-refractivity contribution in [1.82, 2.24) is 29.3 Å². The van der Waals surface area contributed by atoms with Crippen molar-refractivity contribution in [3.05, 3.63) is 114 Å². The van der Waals surface area contributed by atoms with Gasteiger partial charge < -0.3 is 19.3 Å². The van der Waals surface area contributed by atoms with Crippen LogP contribution in [0.3, 0.4) is 0 Å². The van der Waals surface area contributed by atoms with Gasteiger partial charge in [-0.25, -0.2) is 14.0 Å². The second kappa shape index (κ2) is 16.5. The van der Waals surface area contributed by atoms with E-state index in [0.717, 1.165) is 49.7 Å². The number of piperazine rings is 1. The summed E-state index contributed by atoms with van der Waals surface area (Å²) in [6.07, 6.45) is 10.8. The molecule has 264 valence electrons. The molecule has 8 rings (SSSR count). The van der Waals surface area contributed by atoms with Crippen molar-refractivity contribution < 1.29 is 9.47 Å². The zero-order valence-electron chi connectivity index (χ0n) is 28.9. The Kier molecular flexibility index (Phi) is 11.0. The minimum Gasteiger partial charge on any atom is -0.493 e. The van der Waals surface area contributed by atoms with Crippen LogP contribution in [0, 0.1) is 23.2 Å². The fraction of sp³-hybridized carbons (Fsp3) is 0.410. The highest BCUT2D eigenvalue weighted by molar-refractivity contribution is 5.63. The van der Waals surface area contributed by atoms with Crippen LogP contribution in [0.1, 0.15) is 37.7 Å². The van der Waals surface area contributed by atoms with E-state index >= 15 is 0 Å². The molecule has 5 aromatic rings. The molecule has 2 unspecified atom stereocenters. The second-order valence-corrected chi connectivity index (χ2v) is 13.5. The van der Waals surface area contributed by atoms with Gasteiger partial charge in [-0.05, 0) is 67.6 Å². The Bertz CT molecular complexity index is 1880. The second-order valence-electron chi connectivity index (χ2n) is 13.5. The van der Waals surface area contributed by atoms with Crippen LogP contribution in [0.5, 0.6) is 5.75 Å². The van der Waals surface area contributed by atoms with Crippen molar-refractivity contribution >= 4 is 11.4 Å². The van der Waals surface area contributed by atoms with Gasteiger partial charge in [-0.3, -0.25) is 0 Å². The van der Waals surface area contributed by atoms with Crippen molar-refractivity contribution in [3.8, 4) is 17.5 Å². The Morgan fingerprint density at radius 1 is 0.804 bits per heavy atom. The number of ether oxygens (including phenoxy) is 2. The number of benzene rings is 3. The number of aromatic nitrogens is 6. The molecule has 2 aliphatic heterocycles. The average Bonchev–Trinajstić information content (AvgIpc) is 4.03. The zero-order chi connectivity index (χ0) is 34.8. The molecule has 0 amide bonds. The number of anilines is 2. The molecule has 12 nitrogen and oxygen atoms in total. The summed E-state index contributed by atoms with van der Waals surface area (Å²) in [7, 11) is 0. The molecule has 0 radical (unpaired) electrons. The van der Waals surface area contributed by atoms with Crippen LogP contribution in [0.4, 0.5) is 11.4 Å². The maximum absolute atomic E-state index is 13.0. The monoisotopic (exact) mass is 687 g/mol. The molecule has 12 heteroatoms. The van der Waals surface area contributed by atoms with Crippen LogP contribution in [-0.4, -0.2) is 74.8 Å². The molecule has 3 aromatic carbocycles. The zero-order valence-corrected chi connectivity index (χ0v) is 28.9. The molecule has 51 heavy (non-hydrogen) atoms. The van der Waals surface area contributed by atoms with Crippen molar-refractivity contribution in [3.63, 3.8) is 0 Å². The first kappa shape index (κ1) is 34.1. The van der Waals surface area contributed by atoms with E-state index in [2.05, 4.69) is 43.3 Å². The summed E-state index contributed by atoms with van der Waals surface area (Å²) in [5, 5.41) is 22.6. The van der Waals surface area contributed by atoms with E-state index < -0.39 is 0 Å². The van der Waals surface area contributed by atoms with Gasteiger partial charge in [0.25, 0.3) is 0 Å². The predicted molar refractivity (Wildman–Crippen MR) is 195 cm³/mol. The maximum Gasteiger partial charge on any atom is 0.350 e. The Labute approximate surface area is 298 Å². The van der Waals surface area contributed by atoms with E-state index in [1.807, 2.05) is 66.7 Å². The lowest BCUT2D eigenvalue weighted by Gasteiger charge is -2.37. The van der Waals surface area contributed by atoms with Gasteiger partial charge in [0.05, 0.1) is 55.2 Å². The molecule has 0 bridgehead atoms. The van der Waals surface area contributed by atoms with Crippen LogP contribution >= 0.6 is 0 Å². The van der Waals surface area contributed by atoms with Crippen molar-refractivity contribution in [2.24, 2.45) is 11.8 Å². The third-order valence-electron chi connectivity index (χ3n) is 9.99. The normalized spacial score (nSPS) is 19.0. The van der Waals surface area contributed by atoms with E-state index in [9.17, 15) is 10.1 Å². The summed E-state index contributed by atoms with van der Waals surface area (Å²) in [6.45, 7) is 5.81. The SMILES string of the molecule is N#Cc1cc(OCC2COC(Cn3nccn3)C2)ccc1N1CCN(c2ccc(-n3cnn(CC4CCCC4)c3=O)cc2)CC1.c1ccccc1. The standard InChI is InChI=1S/C33H39N9O3.C6H6/c34-19-27-18-30(44-22-26-17-31(45-23-26)21-42-35-11-12-36-42)9-10-32(27)39-15-13-38(14-16-39)28-5-7-29(8-6-28)40-24-37-41(33(40)43)20-25-3-1-2-4-25;1-2-4-6-5-3-1/h5-12,18,24-26,31H,1-4,13-17,20-23H2;1-6H. The number of nitriles is 1. The van der Waals surface area contributed by atoms with Crippen molar-refractivity contribution in [1.29, 1.82) is 5.26 Å². The average molecular weight is 688 g/mol. The Morgan fingerprint density at radius 3 is 2.16 bits per heavy atom. The van der Waals surface area contributed by atoms with Crippen molar-refractivity contribution in [2.45, 2.75) is 51.3 Å². The Balaban J connectivity index is 0.000000615. The summed E-state index contributed by atoms with van der Waals surface area (Å²) in [5.41, 5.74) is 3.42. The maximum atomic E-state index is 13.0. The lowest BCUT2D eigenvalue weighted by Crippen LogP contribution is -2.46. The van der Waals surface area contributed by atoms with E-state index in [-0.39, 0.29) is 17.7 Å².